The molecule has 5 nitrogen and oxygen atoms in total. The van der Waals surface area contributed by atoms with Gasteiger partial charge in [-0.1, -0.05) is 11.6 Å². The van der Waals surface area contributed by atoms with Crippen LogP contribution in [0.2, 0.25) is 5.02 Å². The van der Waals surface area contributed by atoms with Gasteiger partial charge in [-0.3, -0.25) is 4.79 Å². The van der Waals surface area contributed by atoms with E-state index in [2.05, 4.69) is 10.6 Å². The Bertz CT molecular complexity index is 505. The zero-order chi connectivity index (χ0) is 14.7. The summed E-state index contributed by atoms with van der Waals surface area (Å²) in [5, 5.41) is 6.24. The van der Waals surface area contributed by atoms with Gasteiger partial charge in [-0.05, 0) is 27.0 Å². The molecule has 1 unspecified atom stereocenters. The summed E-state index contributed by atoms with van der Waals surface area (Å²) in [5.74, 6) is 0.466. The number of anilines is 1. The number of nitrogens with one attached hydrogen (secondary N) is 2. The molecule has 20 heavy (non-hydrogen) atoms. The monoisotopic (exact) mass is 298 g/mol. The normalized spacial score (nSPS) is 17.2. The van der Waals surface area contributed by atoms with Crippen molar-refractivity contribution in [2.75, 3.05) is 25.6 Å². The highest BCUT2D eigenvalue weighted by atomic mass is 35.5. The molecule has 1 aliphatic heterocycles. The molecule has 1 atom stereocenters. The van der Waals surface area contributed by atoms with Gasteiger partial charge in [0.15, 0.2) is 0 Å². The molecule has 0 radical (unpaired) electrons. The number of ether oxygens (including phenoxy) is 2. The van der Waals surface area contributed by atoms with Crippen molar-refractivity contribution in [1.82, 2.24) is 5.32 Å². The highest BCUT2D eigenvalue weighted by molar-refractivity contribution is 6.32. The number of carbonyl (C=O) groups excluding carboxylic acids is 1. The Morgan fingerprint density at radius 1 is 1.40 bits per heavy atom. The molecule has 0 spiro atoms. The minimum absolute atomic E-state index is 0.0844. The lowest BCUT2D eigenvalue weighted by Crippen LogP contribution is -2.23. The Hall–Kier alpha value is -1.30. The minimum atomic E-state index is -0.360. The lowest BCUT2D eigenvalue weighted by atomic mass is 10.1. The average Bonchev–Trinajstić information content (AvgIpc) is 2.69. The first-order valence-electron chi connectivity index (χ1n) is 6.59. The van der Waals surface area contributed by atoms with E-state index in [4.69, 9.17) is 21.1 Å². The van der Waals surface area contributed by atoms with Gasteiger partial charge in [0, 0.05) is 17.3 Å². The van der Waals surface area contributed by atoms with Gasteiger partial charge in [-0.25, -0.2) is 0 Å². The van der Waals surface area contributed by atoms with Crippen molar-refractivity contribution >= 4 is 23.2 Å². The number of benzene rings is 1. The summed E-state index contributed by atoms with van der Waals surface area (Å²) in [6, 6.07) is 3.15. The Labute approximate surface area is 123 Å². The fraction of sp³-hybridized carbons (Fsp3) is 0.500. The second-order valence-corrected chi connectivity index (χ2v) is 5.26. The molecule has 0 bridgehead atoms. The molecule has 1 amide bonds. The van der Waals surface area contributed by atoms with Crippen molar-refractivity contribution in [3.8, 4) is 5.75 Å². The van der Waals surface area contributed by atoms with Gasteiger partial charge in [-0.2, -0.15) is 0 Å². The summed E-state index contributed by atoms with van der Waals surface area (Å²) in [6.07, 6.45) is 0.171. The van der Waals surface area contributed by atoms with Crippen molar-refractivity contribution in [2.24, 2.45) is 0 Å². The Kier molecular flexibility index (Phi) is 4.86. The van der Waals surface area contributed by atoms with Gasteiger partial charge in [0.1, 0.15) is 18.4 Å². The van der Waals surface area contributed by atoms with E-state index in [-0.39, 0.29) is 18.1 Å². The molecular weight excluding hydrogens is 280 g/mol. The van der Waals surface area contributed by atoms with Gasteiger partial charge in [0.25, 0.3) is 0 Å². The predicted octanol–water partition coefficient (Wildman–Crippen LogP) is 2.36. The summed E-state index contributed by atoms with van der Waals surface area (Å²) in [6.45, 7) is 4.85. The van der Waals surface area contributed by atoms with Gasteiger partial charge < -0.3 is 20.1 Å². The summed E-state index contributed by atoms with van der Waals surface area (Å²) < 4.78 is 11.0. The molecule has 1 aromatic rings. The van der Waals surface area contributed by atoms with E-state index in [1.807, 2.05) is 13.8 Å². The van der Waals surface area contributed by atoms with E-state index in [0.29, 0.717) is 24.0 Å². The molecule has 6 heteroatoms. The first-order valence-corrected chi connectivity index (χ1v) is 6.96. The van der Waals surface area contributed by atoms with E-state index in [1.165, 1.54) is 0 Å². The average molecular weight is 299 g/mol. The number of fused-ring (bicyclic) bond motifs is 1. The summed E-state index contributed by atoms with van der Waals surface area (Å²) >= 11 is 6.19. The first-order chi connectivity index (χ1) is 9.52. The number of halogens is 1. The van der Waals surface area contributed by atoms with Crippen LogP contribution >= 0.6 is 11.6 Å². The quantitative estimate of drug-likeness (QED) is 0.792. The van der Waals surface area contributed by atoms with Crippen LogP contribution in [0, 0.1) is 0 Å². The van der Waals surface area contributed by atoms with E-state index in [1.54, 1.807) is 19.2 Å². The maximum absolute atomic E-state index is 11.7. The van der Waals surface area contributed by atoms with Crippen LogP contribution in [-0.4, -0.2) is 32.3 Å². The maximum Gasteiger partial charge on any atom is 0.246 e. The number of amides is 1. The molecule has 2 N–H and O–H groups in total. The van der Waals surface area contributed by atoms with Crippen molar-refractivity contribution in [3.05, 3.63) is 22.7 Å². The lowest BCUT2D eigenvalue weighted by molar-refractivity contribution is -0.117. The van der Waals surface area contributed by atoms with Gasteiger partial charge >= 0.3 is 0 Å². The van der Waals surface area contributed by atoms with Crippen LogP contribution in [0.15, 0.2) is 12.1 Å². The lowest BCUT2D eigenvalue weighted by Gasteiger charge is -2.12. The van der Waals surface area contributed by atoms with Crippen molar-refractivity contribution in [3.63, 3.8) is 0 Å². The molecule has 1 aromatic carbocycles. The number of hydrogen-bond acceptors (Lipinski definition) is 4. The third-order valence-corrected chi connectivity index (χ3v) is 3.31. The molecule has 0 aliphatic carbocycles. The van der Waals surface area contributed by atoms with Gasteiger partial charge in [-0.15, -0.1) is 0 Å². The van der Waals surface area contributed by atoms with Crippen LogP contribution in [0.4, 0.5) is 5.69 Å². The fourth-order valence-corrected chi connectivity index (χ4v) is 2.32. The number of rotatable bonds is 6. The van der Waals surface area contributed by atoms with Gasteiger partial charge in [0.05, 0.1) is 17.7 Å². The summed E-state index contributed by atoms with van der Waals surface area (Å²) in [7, 11) is 1.74. The largest absolute Gasteiger partial charge is 0.490 e. The molecule has 1 heterocycles. The van der Waals surface area contributed by atoms with Crippen molar-refractivity contribution in [2.45, 2.75) is 26.0 Å². The number of hydrogen-bond donors (Lipinski definition) is 2. The van der Waals surface area contributed by atoms with E-state index >= 15 is 0 Å². The van der Waals surface area contributed by atoms with Crippen LogP contribution < -0.4 is 15.4 Å². The van der Waals surface area contributed by atoms with Crippen LogP contribution in [0.3, 0.4) is 0 Å². The van der Waals surface area contributed by atoms with Gasteiger partial charge in [0.2, 0.25) is 5.91 Å². The van der Waals surface area contributed by atoms with Crippen LogP contribution in [0.5, 0.6) is 5.75 Å². The predicted molar refractivity (Wildman–Crippen MR) is 78.5 cm³/mol. The Morgan fingerprint density at radius 3 is 2.80 bits per heavy atom. The first kappa shape index (κ1) is 15.1. The van der Waals surface area contributed by atoms with Crippen LogP contribution in [0.1, 0.15) is 25.5 Å². The van der Waals surface area contributed by atoms with E-state index in [9.17, 15) is 4.79 Å². The topological polar surface area (TPSA) is 59.6 Å². The SMILES string of the molecule is CNC1C(=O)Nc2cc(OCCOC(C)C)c(Cl)cc21. The number of carbonyl (C=O) groups is 1. The summed E-state index contributed by atoms with van der Waals surface area (Å²) in [4.78, 5) is 11.7. The Morgan fingerprint density at radius 2 is 2.15 bits per heavy atom. The Balaban J connectivity index is 2.06. The third kappa shape index (κ3) is 3.23. The fourth-order valence-electron chi connectivity index (χ4n) is 2.09. The molecule has 110 valence electrons. The minimum Gasteiger partial charge on any atom is -0.490 e. The van der Waals surface area contributed by atoms with Crippen LogP contribution in [-0.2, 0) is 9.53 Å². The van der Waals surface area contributed by atoms with Crippen molar-refractivity contribution in [1.29, 1.82) is 0 Å². The van der Waals surface area contributed by atoms with E-state index < -0.39 is 0 Å². The molecule has 0 saturated heterocycles. The maximum atomic E-state index is 11.7. The molecule has 0 aromatic heterocycles. The highest BCUT2D eigenvalue weighted by Crippen LogP contribution is 2.38. The molecule has 1 aliphatic rings. The summed E-state index contributed by atoms with van der Waals surface area (Å²) in [5.41, 5.74) is 1.58. The molecular formula is C14H19ClN2O3. The van der Waals surface area contributed by atoms with E-state index in [0.717, 1.165) is 11.3 Å². The van der Waals surface area contributed by atoms with Crippen LogP contribution in [0.25, 0.3) is 0 Å². The molecule has 0 saturated carbocycles. The molecule has 0 fully saturated rings. The standard InChI is InChI=1S/C14H19ClN2O3/c1-8(2)19-4-5-20-12-7-11-9(6-10(12)15)13(16-3)14(18)17-11/h6-8,13,16H,4-5H2,1-3H3,(H,17,18). The zero-order valence-corrected chi connectivity index (χ0v) is 12.6. The third-order valence-electron chi connectivity index (χ3n) is 3.02. The second kappa shape index (κ2) is 6.43. The second-order valence-electron chi connectivity index (χ2n) is 4.85. The zero-order valence-electron chi connectivity index (χ0n) is 11.8. The highest BCUT2D eigenvalue weighted by Gasteiger charge is 2.30. The number of likely N-dealkylation sites (N-methyl/N-ethyl adjacent to an activating group) is 1. The van der Waals surface area contributed by atoms with Crippen molar-refractivity contribution < 1.29 is 14.3 Å². The smallest absolute Gasteiger partial charge is 0.246 e. The molecule has 2 rings (SSSR count).